The van der Waals surface area contributed by atoms with E-state index in [9.17, 15) is 9.90 Å². The second kappa shape index (κ2) is 5.16. The highest BCUT2D eigenvalue weighted by Crippen LogP contribution is 2.18. The predicted octanol–water partition coefficient (Wildman–Crippen LogP) is 2.19. The normalized spacial score (nSPS) is 10.7. The predicted molar refractivity (Wildman–Crippen MR) is 77.3 cm³/mol. The number of nitrogens with two attached hydrogens (primary N) is 1. The summed E-state index contributed by atoms with van der Waals surface area (Å²) in [4.78, 5) is 15.4. The molecular formula is C15H13N3O3. The molecule has 0 amide bonds. The number of carbonyl (C=O) groups is 1. The number of rotatable bonds is 4. The van der Waals surface area contributed by atoms with Gasteiger partial charge in [0.25, 0.3) is 0 Å². The maximum atomic E-state index is 11.3. The zero-order valence-corrected chi connectivity index (χ0v) is 11.1. The van der Waals surface area contributed by atoms with Crippen LogP contribution in [0.15, 0.2) is 48.7 Å². The molecule has 0 aliphatic rings. The molecule has 3 N–H and O–H groups in total. The fraction of sp³-hybridized carbons (Fsp3) is 0.0667. The maximum Gasteiger partial charge on any atom is 0.356 e. The molecule has 0 fully saturated rings. The van der Waals surface area contributed by atoms with E-state index < -0.39 is 5.97 Å². The van der Waals surface area contributed by atoms with Gasteiger partial charge >= 0.3 is 5.97 Å². The summed E-state index contributed by atoms with van der Waals surface area (Å²) in [5.41, 5.74) is 6.61. The Morgan fingerprint density at radius 1 is 1.29 bits per heavy atom. The van der Waals surface area contributed by atoms with Gasteiger partial charge < -0.3 is 15.6 Å². The van der Waals surface area contributed by atoms with Crippen LogP contribution in [-0.2, 0) is 6.61 Å². The summed E-state index contributed by atoms with van der Waals surface area (Å²) in [5.74, 6) is 0.108. The molecule has 2 heterocycles. The number of hydrogen-bond donors (Lipinski definition) is 2. The van der Waals surface area contributed by atoms with Gasteiger partial charge in [0, 0.05) is 11.9 Å². The first kappa shape index (κ1) is 13.0. The number of aromatic nitrogens is 2. The number of benzene rings is 1. The van der Waals surface area contributed by atoms with Gasteiger partial charge in [-0.15, -0.1) is 0 Å². The minimum atomic E-state index is -1.09. The van der Waals surface area contributed by atoms with E-state index in [1.165, 1.54) is 0 Å². The van der Waals surface area contributed by atoms with Crippen LogP contribution in [0.25, 0.3) is 5.52 Å². The number of carboxylic acid groups (broad SMARTS) is 1. The first-order chi connectivity index (χ1) is 10.1. The molecule has 6 nitrogen and oxygen atoms in total. The first-order valence-corrected chi connectivity index (χ1v) is 6.33. The van der Waals surface area contributed by atoms with Crippen LogP contribution in [0, 0.1) is 0 Å². The topological polar surface area (TPSA) is 89.9 Å². The quantitative estimate of drug-likeness (QED) is 0.766. The van der Waals surface area contributed by atoms with Crippen molar-refractivity contribution in [2.24, 2.45) is 0 Å². The van der Waals surface area contributed by atoms with Crippen LogP contribution < -0.4 is 10.5 Å². The van der Waals surface area contributed by atoms with Crippen molar-refractivity contribution in [3.8, 4) is 5.75 Å². The lowest BCUT2D eigenvalue weighted by Gasteiger charge is -2.05. The van der Waals surface area contributed by atoms with Crippen LogP contribution in [-0.4, -0.2) is 20.5 Å². The van der Waals surface area contributed by atoms with Crippen molar-refractivity contribution in [2.45, 2.75) is 6.61 Å². The zero-order valence-electron chi connectivity index (χ0n) is 11.1. The molecule has 21 heavy (non-hydrogen) atoms. The van der Waals surface area contributed by atoms with Crippen molar-refractivity contribution in [3.05, 3.63) is 60.2 Å². The number of carboxylic acids is 1. The van der Waals surface area contributed by atoms with Crippen LogP contribution in [0.2, 0.25) is 0 Å². The van der Waals surface area contributed by atoms with E-state index in [1.807, 2.05) is 30.3 Å². The van der Waals surface area contributed by atoms with Gasteiger partial charge in [-0.05, 0) is 24.3 Å². The number of nitrogens with zero attached hydrogens (tertiary/aromatic N) is 2. The van der Waals surface area contributed by atoms with Crippen molar-refractivity contribution >= 4 is 17.2 Å². The highest BCUT2D eigenvalue weighted by molar-refractivity contribution is 5.94. The second-order valence-electron chi connectivity index (χ2n) is 4.50. The lowest BCUT2D eigenvalue weighted by atomic mass is 10.3. The fourth-order valence-corrected chi connectivity index (χ4v) is 2.09. The Bertz CT molecular complexity index is 797. The molecule has 0 spiro atoms. The molecule has 106 valence electrons. The molecule has 2 aromatic heterocycles. The molecule has 0 bridgehead atoms. The Hall–Kier alpha value is -3.02. The van der Waals surface area contributed by atoms with Crippen LogP contribution >= 0.6 is 0 Å². The summed E-state index contributed by atoms with van der Waals surface area (Å²) in [6, 6.07) is 12.5. The third-order valence-electron chi connectivity index (χ3n) is 3.05. The Morgan fingerprint density at radius 3 is 2.76 bits per heavy atom. The molecule has 3 aromatic rings. The Balaban J connectivity index is 1.97. The third-order valence-corrected chi connectivity index (χ3v) is 3.05. The number of pyridine rings is 1. The Kier molecular flexibility index (Phi) is 3.19. The van der Waals surface area contributed by atoms with Crippen molar-refractivity contribution in [1.82, 2.24) is 9.38 Å². The molecule has 3 rings (SSSR count). The molecule has 0 saturated carbocycles. The van der Waals surface area contributed by atoms with E-state index in [0.29, 0.717) is 22.8 Å². The molecule has 0 aliphatic carbocycles. The van der Waals surface area contributed by atoms with E-state index in [0.717, 1.165) is 0 Å². The number of anilines is 1. The van der Waals surface area contributed by atoms with Crippen molar-refractivity contribution in [1.29, 1.82) is 0 Å². The molecule has 0 unspecified atom stereocenters. The molecule has 0 radical (unpaired) electrons. The molecule has 6 heteroatoms. The molecular weight excluding hydrogens is 270 g/mol. The molecule has 0 aliphatic heterocycles. The third kappa shape index (κ3) is 2.51. The minimum absolute atomic E-state index is 0.0334. The van der Waals surface area contributed by atoms with Crippen LogP contribution in [0.4, 0.5) is 5.69 Å². The van der Waals surface area contributed by atoms with Gasteiger partial charge in [0.05, 0.1) is 5.52 Å². The lowest BCUT2D eigenvalue weighted by molar-refractivity contribution is 0.0693. The summed E-state index contributed by atoms with van der Waals surface area (Å²) in [5, 5.41) is 9.21. The number of nitrogen functional groups attached to an aromatic ring is 1. The largest absolute Gasteiger partial charge is 0.486 e. The highest BCUT2D eigenvalue weighted by Gasteiger charge is 2.17. The maximum absolute atomic E-state index is 11.3. The lowest BCUT2D eigenvalue weighted by Crippen LogP contribution is -2.01. The smallest absolute Gasteiger partial charge is 0.356 e. The number of para-hydroxylation sites is 1. The summed E-state index contributed by atoms with van der Waals surface area (Å²) in [6.45, 7) is 0.169. The summed E-state index contributed by atoms with van der Waals surface area (Å²) >= 11 is 0. The van der Waals surface area contributed by atoms with E-state index in [-0.39, 0.29) is 12.3 Å². The van der Waals surface area contributed by atoms with Gasteiger partial charge in [-0.25, -0.2) is 9.78 Å². The molecule has 1 aromatic carbocycles. The Labute approximate surface area is 120 Å². The van der Waals surface area contributed by atoms with Gasteiger partial charge in [0.1, 0.15) is 12.4 Å². The van der Waals surface area contributed by atoms with Crippen molar-refractivity contribution < 1.29 is 14.6 Å². The average molecular weight is 283 g/mol. The minimum Gasteiger partial charge on any atom is -0.486 e. The van der Waals surface area contributed by atoms with Gasteiger partial charge in [-0.3, -0.25) is 4.40 Å². The number of ether oxygens (including phenoxy) is 1. The fourth-order valence-electron chi connectivity index (χ4n) is 2.09. The molecule has 0 saturated heterocycles. The van der Waals surface area contributed by atoms with E-state index in [2.05, 4.69) is 4.98 Å². The highest BCUT2D eigenvalue weighted by atomic mass is 16.5. The first-order valence-electron chi connectivity index (χ1n) is 6.33. The van der Waals surface area contributed by atoms with Gasteiger partial charge in [0.15, 0.2) is 11.5 Å². The average Bonchev–Trinajstić information content (AvgIpc) is 2.84. The Morgan fingerprint density at radius 2 is 2.05 bits per heavy atom. The standard InChI is InChI=1S/C15H13N3O3/c16-10-6-7-18-12(8-10)14(15(19)20)17-13(18)9-21-11-4-2-1-3-5-11/h1-8H,9,16H2,(H,19,20). The van der Waals surface area contributed by atoms with Gasteiger partial charge in [0.2, 0.25) is 0 Å². The second-order valence-corrected chi connectivity index (χ2v) is 4.50. The van der Waals surface area contributed by atoms with Crippen LogP contribution in [0.3, 0.4) is 0 Å². The number of hydrogen-bond acceptors (Lipinski definition) is 4. The monoisotopic (exact) mass is 283 g/mol. The van der Waals surface area contributed by atoms with Gasteiger partial charge in [-0.2, -0.15) is 0 Å². The van der Waals surface area contributed by atoms with E-state index >= 15 is 0 Å². The molecule has 0 atom stereocenters. The zero-order chi connectivity index (χ0) is 14.8. The summed E-state index contributed by atoms with van der Waals surface area (Å²) < 4.78 is 7.29. The summed E-state index contributed by atoms with van der Waals surface area (Å²) in [7, 11) is 0. The number of fused-ring (bicyclic) bond motifs is 1. The number of imidazole rings is 1. The van der Waals surface area contributed by atoms with E-state index in [1.54, 1.807) is 22.7 Å². The van der Waals surface area contributed by atoms with Crippen LogP contribution in [0.1, 0.15) is 16.3 Å². The summed E-state index contributed by atoms with van der Waals surface area (Å²) in [6.07, 6.45) is 1.69. The van der Waals surface area contributed by atoms with Crippen molar-refractivity contribution in [3.63, 3.8) is 0 Å². The SMILES string of the molecule is Nc1ccn2c(COc3ccccc3)nc(C(=O)O)c2c1. The van der Waals surface area contributed by atoms with Crippen LogP contribution in [0.5, 0.6) is 5.75 Å². The number of aromatic carboxylic acids is 1. The van der Waals surface area contributed by atoms with E-state index in [4.69, 9.17) is 10.5 Å². The van der Waals surface area contributed by atoms with Gasteiger partial charge in [-0.1, -0.05) is 18.2 Å². The van der Waals surface area contributed by atoms with Crippen molar-refractivity contribution in [2.75, 3.05) is 5.73 Å².